The van der Waals surface area contributed by atoms with E-state index in [-0.39, 0.29) is 24.1 Å². The summed E-state index contributed by atoms with van der Waals surface area (Å²) in [6, 6.07) is 11.4. The zero-order valence-corrected chi connectivity index (χ0v) is 9.47. The highest BCUT2D eigenvalue weighted by Crippen LogP contribution is 2.31. The molecule has 0 aliphatic carbocycles. The van der Waals surface area contributed by atoms with E-state index in [1.165, 1.54) is 0 Å². The Morgan fingerprint density at radius 3 is 2.61 bits per heavy atom. The Balaban J connectivity index is 2.46. The van der Waals surface area contributed by atoms with Gasteiger partial charge in [0.05, 0.1) is 11.6 Å². The summed E-state index contributed by atoms with van der Waals surface area (Å²) < 4.78 is 0. The summed E-state index contributed by atoms with van der Waals surface area (Å²) in [5, 5.41) is 22.7. The lowest BCUT2D eigenvalue weighted by Gasteiger charge is -2.24. The van der Waals surface area contributed by atoms with Gasteiger partial charge in [-0.15, -0.1) is 0 Å². The average molecular weight is 238 g/mol. The van der Waals surface area contributed by atoms with Crippen LogP contribution in [-0.4, -0.2) is 5.91 Å². The lowest BCUT2D eigenvalue weighted by Crippen LogP contribution is -2.37. The first-order valence-corrected chi connectivity index (χ1v) is 5.40. The molecule has 0 fully saturated rings. The quantitative estimate of drug-likeness (QED) is 0.596. The summed E-state index contributed by atoms with van der Waals surface area (Å²) in [6.07, 6.45) is 1.93. The van der Waals surface area contributed by atoms with Gasteiger partial charge in [0.15, 0.2) is 6.19 Å². The maximum Gasteiger partial charge on any atom is 0.226 e. The van der Waals surface area contributed by atoms with Crippen LogP contribution in [0.1, 0.15) is 17.9 Å². The van der Waals surface area contributed by atoms with Gasteiger partial charge in [0.25, 0.3) is 0 Å². The topological polar surface area (TPSA) is 88.7 Å². The molecule has 1 aliphatic heterocycles. The summed E-state index contributed by atoms with van der Waals surface area (Å²) >= 11 is 0. The van der Waals surface area contributed by atoms with E-state index in [1.54, 1.807) is 6.19 Å². The zero-order chi connectivity index (χ0) is 13.0. The molecule has 88 valence electrons. The summed E-state index contributed by atoms with van der Waals surface area (Å²) in [4.78, 5) is 11.6. The van der Waals surface area contributed by atoms with Gasteiger partial charge in [-0.1, -0.05) is 30.3 Å². The number of nitrogens with one attached hydrogen (secondary N) is 2. The Labute approximate surface area is 104 Å². The van der Waals surface area contributed by atoms with Crippen LogP contribution in [0.2, 0.25) is 0 Å². The van der Waals surface area contributed by atoms with Gasteiger partial charge in [0.1, 0.15) is 5.82 Å². The summed E-state index contributed by atoms with van der Waals surface area (Å²) in [5.41, 5.74) is 1.27. The van der Waals surface area contributed by atoms with Crippen molar-refractivity contribution in [1.29, 1.82) is 10.5 Å². The molecule has 1 aromatic carbocycles. The number of amides is 1. The fourth-order valence-electron chi connectivity index (χ4n) is 1.98. The number of rotatable bonds is 2. The molecule has 0 aromatic heterocycles. The van der Waals surface area contributed by atoms with Crippen molar-refractivity contribution in [3.8, 4) is 12.3 Å². The second-order valence-corrected chi connectivity index (χ2v) is 3.85. The van der Waals surface area contributed by atoms with Gasteiger partial charge in [0.2, 0.25) is 5.91 Å². The van der Waals surface area contributed by atoms with Crippen LogP contribution in [0.5, 0.6) is 0 Å². The Morgan fingerprint density at radius 1 is 1.28 bits per heavy atom. The molecule has 1 aliphatic rings. The Bertz CT molecular complexity index is 577. The van der Waals surface area contributed by atoms with Crippen molar-refractivity contribution in [2.24, 2.45) is 0 Å². The number of carbonyl (C=O) groups excluding carboxylic acids is 1. The lowest BCUT2D eigenvalue weighted by molar-refractivity contribution is -0.121. The van der Waals surface area contributed by atoms with E-state index in [9.17, 15) is 10.1 Å². The normalized spacial score (nSPS) is 18.6. The molecule has 18 heavy (non-hydrogen) atoms. The van der Waals surface area contributed by atoms with E-state index in [0.29, 0.717) is 5.57 Å². The van der Waals surface area contributed by atoms with Crippen LogP contribution in [0, 0.1) is 22.8 Å². The Hall–Kier alpha value is -2.79. The van der Waals surface area contributed by atoms with E-state index in [2.05, 4.69) is 16.7 Å². The summed E-state index contributed by atoms with van der Waals surface area (Å²) in [7, 11) is 0. The highest BCUT2D eigenvalue weighted by atomic mass is 16.1. The molecule has 0 bridgehead atoms. The predicted octanol–water partition coefficient (Wildman–Crippen LogP) is 1.10. The predicted molar refractivity (Wildman–Crippen MR) is 63.3 cm³/mol. The minimum Gasteiger partial charge on any atom is -0.311 e. The first kappa shape index (κ1) is 11.7. The average Bonchev–Trinajstić information content (AvgIpc) is 2.39. The van der Waals surface area contributed by atoms with Crippen molar-refractivity contribution >= 4 is 5.91 Å². The van der Waals surface area contributed by atoms with Crippen molar-refractivity contribution in [3.05, 3.63) is 47.3 Å². The minimum absolute atomic E-state index is 0.185. The van der Waals surface area contributed by atoms with Crippen LogP contribution >= 0.6 is 0 Å². The van der Waals surface area contributed by atoms with Gasteiger partial charge < -0.3 is 5.32 Å². The van der Waals surface area contributed by atoms with E-state index in [1.807, 2.05) is 30.3 Å². The molecule has 1 heterocycles. The molecule has 1 amide bonds. The first-order valence-electron chi connectivity index (χ1n) is 5.40. The van der Waals surface area contributed by atoms with Gasteiger partial charge in [0, 0.05) is 12.3 Å². The van der Waals surface area contributed by atoms with Gasteiger partial charge in [-0.3, -0.25) is 10.1 Å². The molecule has 0 saturated heterocycles. The SMILES string of the molecule is N#CNC1=C(C#N)C(c2ccccc2)CC(=O)N1. The van der Waals surface area contributed by atoms with Crippen LogP contribution in [0.4, 0.5) is 0 Å². The zero-order valence-electron chi connectivity index (χ0n) is 9.47. The maximum atomic E-state index is 11.6. The van der Waals surface area contributed by atoms with E-state index in [4.69, 9.17) is 5.26 Å². The smallest absolute Gasteiger partial charge is 0.226 e. The maximum absolute atomic E-state index is 11.6. The highest BCUT2D eigenvalue weighted by Gasteiger charge is 2.29. The largest absolute Gasteiger partial charge is 0.311 e. The number of nitrogens with zero attached hydrogens (tertiary/aromatic N) is 2. The molecule has 0 saturated carbocycles. The number of benzene rings is 1. The van der Waals surface area contributed by atoms with Gasteiger partial charge in [-0.05, 0) is 5.56 Å². The molecular weight excluding hydrogens is 228 g/mol. The fraction of sp³-hybridized carbons (Fsp3) is 0.154. The standard InChI is InChI=1S/C13H10N4O/c14-7-11-10(9-4-2-1-3-5-9)6-12(18)17-13(11)16-8-15/h1-5,10,16H,6H2,(H,17,18). The number of allylic oxidation sites excluding steroid dienone is 1. The summed E-state index contributed by atoms with van der Waals surface area (Å²) in [5.74, 6) is -0.327. The first-order chi connectivity index (χ1) is 8.76. The molecule has 1 aromatic rings. The second kappa shape index (κ2) is 5.03. The van der Waals surface area contributed by atoms with Crippen LogP contribution in [0.15, 0.2) is 41.7 Å². The summed E-state index contributed by atoms with van der Waals surface area (Å²) in [6.45, 7) is 0. The number of nitriles is 2. The van der Waals surface area contributed by atoms with Gasteiger partial charge >= 0.3 is 0 Å². The van der Waals surface area contributed by atoms with E-state index >= 15 is 0 Å². The van der Waals surface area contributed by atoms with Crippen LogP contribution in [0.25, 0.3) is 0 Å². The third kappa shape index (κ3) is 2.16. The molecule has 0 spiro atoms. The lowest BCUT2D eigenvalue weighted by atomic mass is 9.86. The van der Waals surface area contributed by atoms with Crippen molar-refractivity contribution < 1.29 is 4.79 Å². The third-order valence-electron chi connectivity index (χ3n) is 2.78. The van der Waals surface area contributed by atoms with Gasteiger partial charge in [-0.25, -0.2) is 0 Å². The van der Waals surface area contributed by atoms with Crippen molar-refractivity contribution in [3.63, 3.8) is 0 Å². The highest BCUT2D eigenvalue weighted by molar-refractivity contribution is 5.82. The minimum atomic E-state index is -0.305. The van der Waals surface area contributed by atoms with E-state index in [0.717, 1.165) is 5.56 Å². The second-order valence-electron chi connectivity index (χ2n) is 3.85. The molecule has 0 radical (unpaired) electrons. The van der Waals surface area contributed by atoms with Crippen molar-refractivity contribution in [2.45, 2.75) is 12.3 Å². The molecule has 5 nitrogen and oxygen atoms in total. The fourth-order valence-corrected chi connectivity index (χ4v) is 1.98. The van der Waals surface area contributed by atoms with Gasteiger partial charge in [-0.2, -0.15) is 10.5 Å². The van der Waals surface area contributed by atoms with Crippen molar-refractivity contribution in [2.75, 3.05) is 0 Å². The number of hydrogen-bond donors (Lipinski definition) is 2. The third-order valence-corrected chi connectivity index (χ3v) is 2.78. The van der Waals surface area contributed by atoms with Crippen LogP contribution in [0.3, 0.4) is 0 Å². The van der Waals surface area contributed by atoms with Crippen LogP contribution in [-0.2, 0) is 4.79 Å². The monoisotopic (exact) mass is 238 g/mol. The molecule has 2 rings (SSSR count). The molecular formula is C13H10N4O. The van der Waals surface area contributed by atoms with E-state index < -0.39 is 0 Å². The molecule has 2 N–H and O–H groups in total. The van der Waals surface area contributed by atoms with Crippen LogP contribution < -0.4 is 10.6 Å². The Morgan fingerprint density at radius 2 is 2.00 bits per heavy atom. The van der Waals surface area contributed by atoms with Crippen molar-refractivity contribution in [1.82, 2.24) is 10.6 Å². The number of carbonyl (C=O) groups is 1. The Kier molecular flexibility index (Phi) is 3.26. The number of hydrogen-bond acceptors (Lipinski definition) is 4. The molecule has 1 atom stereocenters. The molecule has 5 heteroatoms. The molecule has 1 unspecified atom stereocenters.